The zero-order valence-corrected chi connectivity index (χ0v) is 22.6. The third kappa shape index (κ3) is 5.45. The number of benzene rings is 2. The third-order valence-corrected chi connectivity index (χ3v) is 9.47. The number of piperidine rings is 1. The average molecular weight is 534 g/mol. The lowest BCUT2D eigenvalue weighted by atomic mass is 9.52. The fourth-order valence-electron chi connectivity index (χ4n) is 7.60. The van der Waals surface area contributed by atoms with Crippen molar-refractivity contribution in [1.29, 1.82) is 0 Å². The van der Waals surface area contributed by atoms with Gasteiger partial charge in [-0.15, -0.1) is 0 Å². The van der Waals surface area contributed by atoms with E-state index in [4.69, 9.17) is 18.9 Å². The van der Waals surface area contributed by atoms with Gasteiger partial charge in [0, 0.05) is 18.0 Å². The van der Waals surface area contributed by atoms with Crippen LogP contribution in [-0.2, 0) is 32.7 Å². The summed E-state index contributed by atoms with van der Waals surface area (Å²) in [7, 11) is 0. The van der Waals surface area contributed by atoms with E-state index in [9.17, 15) is 9.59 Å². The van der Waals surface area contributed by atoms with Crippen LogP contribution in [0.25, 0.3) is 0 Å². The molecule has 0 aromatic heterocycles. The molecule has 1 aliphatic heterocycles. The fraction of sp³-hybridized carbons (Fsp3) is 0.562. The Hall–Kier alpha value is -3.22. The lowest BCUT2D eigenvalue weighted by Crippen LogP contribution is -2.62. The first-order valence-corrected chi connectivity index (χ1v) is 14.7. The highest BCUT2D eigenvalue weighted by Crippen LogP contribution is 2.56. The predicted molar refractivity (Wildman–Crippen MR) is 145 cm³/mol. The Morgan fingerprint density at radius 3 is 2.56 bits per heavy atom. The molecule has 0 N–H and O–H groups in total. The molecule has 2 saturated carbocycles. The first-order valence-electron chi connectivity index (χ1n) is 14.7. The summed E-state index contributed by atoms with van der Waals surface area (Å²) in [5.41, 5.74) is 3.68. The van der Waals surface area contributed by atoms with Crippen LogP contribution >= 0.6 is 0 Å². The van der Waals surface area contributed by atoms with E-state index >= 15 is 0 Å². The molecule has 4 aliphatic rings. The van der Waals surface area contributed by atoms with Gasteiger partial charge in [0.2, 0.25) is 6.79 Å². The lowest BCUT2D eigenvalue weighted by Gasteiger charge is -2.58. The second-order valence-electron chi connectivity index (χ2n) is 11.6. The van der Waals surface area contributed by atoms with Crippen molar-refractivity contribution in [2.45, 2.75) is 94.8 Å². The monoisotopic (exact) mass is 533 g/mol. The number of rotatable bonds is 6. The minimum absolute atomic E-state index is 0.0354. The number of hydrogen-bond donors (Lipinski definition) is 0. The van der Waals surface area contributed by atoms with E-state index in [0.717, 1.165) is 56.9 Å². The number of likely N-dealkylation sites (tertiary alicyclic amines) is 1. The Bertz CT molecular complexity index is 1160. The highest BCUT2D eigenvalue weighted by Gasteiger charge is 2.55. The summed E-state index contributed by atoms with van der Waals surface area (Å²) >= 11 is 0. The van der Waals surface area contributed by atoms with Crippen molar-refractivity contribution in [3.63, 3.8) is 0 Å². The van der Waals surface area contributed by atoms with E-state index in [1.165, 1.54) is 30.4 Å². The molecule has 1 heterocycles. The summed E-state index contributed by atoms with van der Waals surface area (Å²) in [6, 6.07) is 16.2. The molecule has 3 atom stereocenters. The summed E-state index contributed by atoms with van der Waals surface area (Å²) in [4.78, 5) is 27.3. The molecule has 7 nitrogen and oxygen atoms in total. The Labute approximate surface area is 230 Å². The van der Waals surface area contributed by atoms with Crippen molar-refractivity contribution in [2.75, 3.05) is 13.3 Å². The van der Waals surface area contributed by atoms with Gasteiger partial charge in [0.1, 0.15) is 18.5 Å². The zero-order chi connectivity index (χ0) is 26.7. The maximum Gasteiger partial charge on any atom is 0.511 e. The Balaban J connectivity index is 1.12. The molecule has 39 heavy (non-hydrogen) atoms. The quantitative estimate of drug-likeness (QED) is 0.297. The van der Waals surface area contributed by atoms with E-state index in [-0.39, 0.29) is 30.4 Å². The number of hydrogen-bond acceptors (Lipinski definition) is 6. The van der Waals surface area contributed by atoms with Gasteiger partial charge in [-0.05, 0) is 86.1 Å². The van der Waals surface area contributed by atoms with Crippen molar-refractivity contribution in [2.24, 2.45) is 5.92 Å². The number of carbonyl (C=O) groups is 2. The Kier molecular flexibility index (Phi) is 7.67. The standard InChI is InChI=1S/C32H39NO6/c34-30(36-21-23-9-3-1-4-10-23)33-18-17-32-16-8-7-13-27(32)29(33)19-24-14-15-26(20-28(24)32)37-22-38-31(35)39-25-11-5-2-6-12-25/h1,3-4,9-10,14-15,20,25,27,29H,2,5-8,11-13,16-19,21-22H2/t27-,29+,32-/m1/s1. The van der Waals surface area contributed by atoms with Gasteiger partial charge in [0.25, 0.3) is 0 Å². The first kappa shape index (κ1) is 26.0. The van der Waals surface area contributed by atoms with E-state index in [0.29, 0.717) is 24.8 Å². The van der Waals surface area contributed by atoms with Gasteiger partial charge in [0.15, 0.2) is 0 Å². The normalized spacial score (nSPS) is 26.1. The summed E-state index contributed by atoms with van der Waals surface area (Å²) in [6.45, 7) is 0.839. The van der Waals surface area contributed by atoms with Crippen molar-refractivity contribution in [1.82, 2.24) is 4.90 Å². The molecule has 0 spiro atoms. The molecular formula is C32H39NO6. The number of amides is 1. The minimum Gasteiger partial charge on any atom is -0.457 e. The van der Waals surface area contributed by atoms with E-state index in [2.05, 4.69) is 12.1 Å². The van der Waals surface area contributed by atoms with Crippen molar-refractivity contribution in [3.8, 4) is 5.75 Å². The second-order valence-corrected chi connectivity index (χ2v) is 11.6. The van der Waals surface area contributed by atoms with Crippen molar-refractivity contribution < 1.29 is 28.5 Å². The molecule has 3 aliphatic carbocycles. The molecule has 2 aromatic rings. The number of fused-ring (bicyclic) bond motifs is 1. The van der Waals surface area contributed by atoms with Gasteiger partial charge < -0.3 is 23.8 Å². The van der Waals surface area contributed by atoms with Gasteiger partial charge in [-0.2, -0.15) is 0 Å². The molecule has 0 radical (unpaired) electrons. The zero-order valence-electron chi connectivity index (χ0n) is 22.6. The molecule has 208 valence electrons. The van der Waals surface area contributed by atoms with Crippen LogP contribution in [0.3, 0.4) is 0 Å². The maximum atomic E-state index is 13.2. The number of nitrogens with zero attached hydrogens (tertiary/aromatic N) is 1. The summed E-state index contributed by atoms with van der Waals surface area (Å²) in [6.07, 6.45) is 10.7. The number of carbonyl (C=O) groups excluding carboxylic acids is 2. The van der Waals surface area contributed by atoms with Gasteiger partial charge in [-0.1, -0.05) is 55.7 Å². The van der Waals surface area contributed by atoms with Crippen LogP contribution in [0.4, 0.5) is 9.59 Å². The van der Waals surface area contributed by atoms with Crippen LogP contribution in [0.1, 0.15) is 80.9 Å². The molecular weight excluding hydrogens is 494 g/mol. The second kappa shape index (κ2) is 11.5. The minimum atomic E-state index is -0.653. The Morgan fingerprint density at radius 2 is 1.72 bits per heavy atom. The molecule has 3 fully saturated rings. The highest BCUT2D eigenvalue weighted by atomic mass is 16.8. The first-order chi connectivity index (χ1) is 19.1. The van der Waals surface area contributed by atoms with Gasteiger partial charge in [-0.3, -0.25) is 0 Å². The molecule has 7 heteroatoms. The van der Waals surface area contributed by atoms with E-state index in [1.807, 2.05) is 41.3 Å². The summed E-state index contributed by atoms with van der Waals surface area (Å²) in [5.74, 6) is 1.12. The predicted octanol–water partition coefficient (Wildman–Crippen LogP) is 6.90. The van der Waals surface area contributed by atoms with E-state index < -0.39 is 6.16 Å². The van der Waals surface area contributed by atoms with Crippen molar-refractivity contribution in [3.05, 3.63) is 65.2 Å². The van der Waals surface area contributed by atoms with Crippen LogP contribution < -0.4 is 4.74 Å². The molecule has 2 bridgehead atoms. The SMILES string of the molecule is O=C(OCOc1ccc2c(c1)[C@@]13CCCC[C@@H]1[C@H](C2)N(C(=O)OCc1ccccc1)CC3)OC1CCCCC1. The maximum absolute atomic E-state index is 13.2. The summed E-state index contributed by atoms with van der Waals surface area (Å²) in [5, 5.41) is 0. The highest BCUT2D eigenvalue weighted by molar-refractivity contribution is 5.69. The summed E-state index contributed by atoms with van der Waals surface area (Å²) < 4.78 is 22.3. The van der Waals surface area contributed by atoms with Gasteiger partial charge >= 0.3 is 12.2 Å². The van der Waals surface area contributed by atoms with Crippen LogP contribution in [0.15, 0.2) is 48.5 Å². The third-order valence-electron chi connectivity index (χ3n) is 9.47. The van der Waals surface area contributed by atoms with Crippen LogP contribution in [0, 0.1) is 5.92 Å². The largest absolute Gasteiger partial charge is 0.511 e. The molecule has 0 unspecified atom stereocenters. The molecule has 2 aromatic carbocycles. The van der Waals surface area contributed by atoms with Crippen LogP contribution in [0.5, 0.6) is 5.75 Å². The van der Waals surface area contributed by atoms with Crippen molar-refractivity contribution >= 4 is 12.2 Å². The van der Waals surface area contributed by atoms with Gasteiger partial charge in [-0.25, -0.2) is 9.59 Å². The average Bonchev–Trinajstić information content (AvgIpc) is 2.97. The topological polar surface area (TPSA) is 74.3 Å². The molecule has 1 amide bonds. The van der Waals surface area contributed by atoms with E-state index in [1.54, 1.807) is 0 Å². The van der Waals surface area contributed by atoms with Crippen LogP contribution in [0.2, 0.25) is 0 Å². The number of ether oxygens (including phenoxy) is 4. The smallest absolute Gasteiger partial charge is 0.457 e. The molecule has 1 saturated heterocycles. The molecule has 6 rings (SSSR count). The Morgan fingerprint density at radius 1 is 0.897 bits per heavy atom. The lowest BCUT2D eigenvalue weighted by molar-refractivity contribution is -0.0235. The van der Waals surface area contributed by atoms with Gasteiger partial charge in [0.05, 0.1) is 0 Å². The van der Waals surface area contributed by atoms with Crippen LogP contribution in [-0.4, -0.2) is 42.6 Å². The fourth-order valence-corrected chi connectivity index (χ4v) is 7.60.